The molecule has 1 N–H and O–H groups in total. The number of hydrogen-bond donors (Lipinski definition) is 1. The summed E-state index contributed by atoms with van der Waals surface area (Å²) < 4.78 is 22.5. The van der Waals surface area contributed by atoms with Crippen LogP contribution < -0.4 is 5.32 Å². The van der Waals surface area contributed by atoms with Crippen LogP contribution in [0.5, 0.6) is 0 Å². The molecule has 0 radical (unpaired) electrons. The van der Waals surface area contributed by atoms with E-state index < -0.39 is 9.84 Å². The van der Waals surface area contributed by atoms with Gasteiger partial charge in [-0.25, -0.2) is 8.42 Å². The third-order valence-corrected chi connectivity index (χ3v) is 5.86. The molecule has 1 saturated heterocycles. The highest BCUT2D eigenvalue weighted by Crippen LogP contribution is 2.40. The molecule has 3 heterocycles. The first-order valence-electron chi connectivity index (χ1n) is 4.64. The van der Waals surface area contributed by atoms with E-state index >= 15 is 0 Å². The van der Waals surface area contributed by atoms with Gasteiger partial charge in [0.25, 0.3) is 0 Å². The van der Waals surface area contributed by atoms with Crippen LogP contribution in [-0.2, 0) is 21.8 Å². The number of hydrogen-bond acceptors (Lipinski definition) is 4. The number of thiophene rings is 1. The second-order valence-corrected chi connectivity index (χ2v) is 7.11. The molecule has 3 nitrogen and oxygen atoms in total. The Bertz CT molecular complexity index is 463. The van der Waals surface area contributed by atoms with Crippen molar-refractivity contribution >= 4 is 21.2 Å². The van der Waals surface area contributed by atoms with Crippen molar-refractivity contribution < 1.29 is 8.42 Å². The van der Waals surface area contributed by atoms with Gasteiger partial charge in [0.2, 0.25) is 0 Å². The van der Waals surface area contributed by atoms with E-state index in [1.54, 1.807) is 11.3 Å². The van der Waals surface area contributed by atoms with Crippen molar-refractivity contribution in [3.63, 3.8) is 0 Å². The molecule has 0 atom stereocenters. The number of fused-ring (bicyclic) bond motifs is 2. The average Bonchev–Trinajstić information content (AvgIpc) is 2.49. The molecule has 1 spiro atoms. The zero-order chi connectivity index (χ0) is 9.81. The first-order valence-corrected chi connectivity index (χ1v) is 7.34. The molecular weight excluding hydrogens is 218 g/mol. The summed E-state index contributed by atoms with van der Waals surface area (Å²) >= 11 is 1.74. The van der Waals surface area contributed by atoms with E-state index in [0.717, 1.165) is 13.0 Å². The fourth-order valence-corrected chi connectivity index (χ4v) is 5.35. The van der Waals surface area contributed by atoms with Gasteiger partial charge in [-0.1, -0.05) is 0 Å². The van der Waals surface area contributed by atoms with Crippen LogP contribution >= 0.6 is 11.3 Å². The molecule has 0 bridgehead atoms. The zero-order valence-electron chi connectivity index (χ0n) is 7.62. The fourth-order valence-electron chi connectivity index (χ4n) is 2.44. The predicted octanol–water partition coefficient (Wildman–Crippen LogP) is 0.518. The van der Waals surface area contributed by atoms with Gasteiger partial charge in [-0.15, -0.1) is 11.3 Å². The van der Waals surface area contributed by atoms with E-state index in [4.69, 9.17) is 0 Å². The van der Waals surface area contributed by atoms with E-state index in [9.17, 15) is 8.42 Å². The lowest BCUT2D eigenvalue weighted by molar-refractivity contribution is 0.355. The van der Waals surface area contributed by atoms with Crippen LogP contribution in [0.25, 0.3) is 0 Å². The molecule has 0 aromatic carbocycles. The molecule has 14 heavy (non-hydrogen) atoms. The lowest BCUT2D eigenvalue weighted by Gasteiger charge is -2.44. The van der Waals surface area contributed by atoms with Crippen LogP contribution in [0.1, 0.15) is 10.4 Å². The highest BCUT2D eigenvalue weighted by atomic mass is 32.2. The van der Waals surface area contributed by atoms with Gasteiger partial charge in [0, 0.05) is 11.4 Å². The third-order valence-electron chi connectivity index (χ3n) is 3.01. The Labute approximate surface area is 87.1 Å². The summed E-state index contributed by atoms with van der Waals surface area (Å²) in [5, 5.41) is 5.42. The van der Waals surface area contributed by atoms with Gasteiger partial charge in [0.1, 0.15) is 0 Å². The number of nitrogens with one attached hydrogen (secondary N) is 1. The minimum Gasteiger partial charge on any atom is -0.305 e. The molecule has 2 aliphatic rings. The normalized spacial score (nSPS) is 26.9. The molecule has 0 amide bonds. The molecule has 76 valence electrons. The largest absolute Gasteiger partial charge is 0.305 e. The molecular formula is C9H11NO2S2. The smallest absolute Gasteiger partial charge is 0.154 e. The summed E-state index contributed by atoms with van der Waals surface area (Å²) in [7, 11) is -2.77. The van der Waals surface area contributed by atoms with E-state index in [1.165, 1.54) is 10.4 Å². The topological polar surface area (TPSA) is 46.2 Å². The molecule has 1 fully saturated rings. The Morgan fingerprint density at radius 3 is 2.93 bits per heavy atom. The van der Waals surface area contributed by atoms with Crippen molar-refractivity contribution in [3.8, 4) is 0 Å². The highest BCUT2D eigenvalue weighted by Gasteiger charge is 2.51. The van der Waals surface area contributed by atoms with Crippen molar-refractivity contribution in [2.45, 2.75) is 12.0 Å². The number of rotatable bonds is 0. The Balaban J connectivity index is 2.06. The van der Waals surface area contributed by atoms with Crippen LogP contribution in [0, 0.1) is 0 Å². The standard InChI is InChI=1S/C9H11NO2S2/c11-14(12)5-9(6-14)7-2-4-13-8(7)1-3-10-9/h2,4,10H,1,3,5-6H2. The van der Waals surface area contributed by atoms with Crippen LogP contribution in [-0.4, -0.2) is 26.5 Å². The Hall–Kier alpha value is -0.390. The molecule has 1 aromatic rings. The molecule has 0 saturated carbocycles. The van der Waals surface area contributed by atoms with Crippen LogP contribution in [0.4, 0.5) is 0 Å². The molecule has 0 aliphatic carbocycles. The lowest BCUT2D eigenvalue weighted by atomic mass is 9.89. The Morgan fingerprint density at radius 2 is 2.21 bits per heavy atom. The molecule has 3 rings (SSSR count). The summed E-state index contributed by atoms with van der Waals surface area (Å²) in [6.07, 6.45) is 1.04. The second-order valence-electron chi connectivity index (χ2n) is 4.05. The van der Waals surface area contributed by atoms with Gasteiger partial charge in [-0.3, -0.25) is 0 Å². The van der Waals surface area contributed by atoms with Gasteiger partial charge in [-0.2, -0.15) is 0 Å². The molecule has 2 aliphatic heterocycles. The first-order chi connectivity index (χ1) is 6.61. The summed E-state index contributed by atoms with van der Waals surface area (Å²) in [5.74, 6) is 0.563. The SMILES string of the molecule is O=S1(=O)CC2(C1)NCCc1sccc12. The van der Waals surface area contributed by atoms with Crippen molar-refractivity contribution in [1.29, 1.82) is 0 Å². The number of sulfone groups is 1. The van der Waals surface area contributed by atoms with Crippen LogP contribution in [0.15, 0.2) is 11.4 Å². The van der Waals surface area contributed by atoms with Crippen molar-refractivity contribution in [2.75, 3.05) is 18.1 Å². The Morgan fingerprint density at radius 1 is 1.43 bits per heavy atom. The van der Waals surface area contributed by atoms with Gasteiger partial charge < -0.3 is 5.32 Å². The van der Waals surface area contributed by atoms with E-state index in [0.29, 0.717) is 0 Å². The summed E-state index contributed by atoms with van der Waals surface area (Å²) in [5.41, 5.74) is 0.996. The summed E-state index contributed by atoms with van der Waals surface area (Å²) in [6, 6.07) is 2.07. The summed E-state index contributed by atoms with van der Waals surface area (Å²) in [6.45, 7) is 0.906. The van der Waals surface area contributed by atoms with E-state index in [2.05, 4.69) is 16.8 Å². The van der Waals surface area contributed by atoms with Gasteiger partial charge in [0.15, 0.2) is 9.84 Å². The third kappa shape index (κ3) is 1.09. The van der Waals surface area contributed by atoms with Gasteiger partial charge in [0.05, 0.1) is 17.0 Å². The summed E-state index contributed by atoms with van der Waals surface area (Å²) in [4.78, 5) is 1.36. The van der Waals surface area contributed by atoms with Crippen LogP contribution in [0.2, 0.25) is 0 Å². The zero-order valence-corrected chi connectivity index (χ0v) is 9.25. The first kappa shape index (κ1) is 8.88. The minimum atomic E-state index is -2.77. The maximum atomic E-state index is 11.3. The highest BCUT2D eigenvalue weighted by molar-refractivity contribution is 7.93. The molecule has 1 aromatic heterocycles. The predicted molar refractivity (Wildman–Crippen MR) is 56.4 cm³/mol. The van der Waals surface area contributed by atoms with Crippen molar-refractivity contribution in [3.05, 3.63) is 21.9 Å². The van der Waals surface area contributed by atoms with E-state index in [-0.39, 0.29) is 17.0 Å². The average molecular weight is 229 g/mol. The fraction of sp³-hybridized carbons (Fsp3) is 0.556. The van der Waals surface area contributed by atoms with E-state index in [1.807, 2.05) is 0 Å². The second kappa shape index (κ2) is 2.59. The quantitative estimate of drug-likeness (QED) is 0.705. The van der Waals surface area contributed by atoms with Crippen LogP contribution in [0.3, 0.4) is 0 Å². The van der Waals surface area contributed by atoms with Gasteiger partial charge in [-0.05, 0) is 23.4 Å². The minimum absolute atomic E-state index is 0.230. The molecule has 5 heteroatoms. The monoisotopic (exact) mass is 229 g/mol. The van der Waals surface area contributed by atoms with Crippen molar-refractivity contribution in [1.82, 2.24) is 5.32 Å². The molecule has 0 unspecified atom stereocenters. The Kier molecular flexibility index (Phi) is 1.64. The maximum absolute atomic E-state index is 11.3. The van der Waals surface area contributed by atoms with Crippen molar-refractivity contribution in [2.24, 2.45) is 0 Å². The van der Waals surface area contributed by atoms with Gasteiger partial charge >= 0.3 is 0 Å². The maximum Gasteiger partial charge on any atom is 0.154 e. The lowest BCUT2D eigenvalue weighted by Crippen LogP contribution is -2.63.